The molecule has 9 nitrogen and oxygen atoms in total. The number of fused-ring (bicyclic) bond motifs is 1. The van der Waals surface area contributed by atoms with Gasteiger partial charge in [-0.1, -0.05) is 12.5 Å². The van der Waals surface area contributed by atoms with Crippen LogP contribution in [0.4, 0.5) is 5.69 Å². The molecule has 1 aromatic heterocycles. The number of nitrogens with two attached hydrogens (primary N) is 1. The molecule has 1 unspecified atom stereocenters. The number of hydrogen-bond acceptors (Lipinski definition) is 5. The molecule has 3 aromatic rings. The number of rotatable bonds is 8. The van der Waals surface area contributed by atoms with E-state index in [-0.39, 0.29) is 23.9 Å². The summed E-state index contributed by atoms with van der Waals surface area (Å²) in [6.45, 7) is 0.603. The summed E-state index contributed by atoms with van der Waals surface area (Å²) in [6.07, 6.45) is 4.16. The number of imide groups is 1. The van der Waals surface area contributed by atoms with Crippen molar-refractivity contribution in [1.29, 1.82) is 0 Å². The van der Waals surface area contributed by atoms with Gasteiger partial charge in [-0.2, -0.15) is 0 Å². The van der Waals surface area contributed by atoms with Crippen LogP contribution < -0.4 is 22.1 Å². The number of aryl methyl sites for hydroxylation is 2. The minimum absolute atomic E-state index is 0.105. The summed E-state index contributed by atoms with van der Waals surface area (Å²) in [7, 11) is 1.70. The first-order chi connectivity index (χ1) is 16.3. The number of unbranched alkanes of at least 4 members (excludes halogenated alkanes) is 2. The fourth-order valence-corrected chi connectivity index (χ4v) is 4.36. The van der Waals surface area contributed by atoms with Crippen LogP contribution in [0.5, 0.6) is 0 Å². The zero-order valence-corrected chi connectivity index (χ0v) is 19.2. The van der Waals surface area contributed by atoms with Crippen molar-refractivity contribution in [3.63, 3.8) is 0 Å². The molecule has 0 bridgehead atoms. The van der Waals surface area contributed by atoms with Gasteiger partial charge in [-0.05, 0) is 67.6 Å². The Morgan fingerprint density at radius 2 is 1.82 bits per heavy atom. The van der Waals surface area contributed by atoms with Crippen molar-refractivity contribution in [2.24, 2.45) is 7.05 Å². The Morgan fingerprint density at radius 3 is 2.56 bits per heavy atom. The lowest BCUT2D eigenvalue weighted by atomic mass is 10.0. The van der Waals surface area contributed by atoms with Gasteiger partial charge in [-0.25, -0.2) is 4.79 Å². The molecule has 178 valence electrons. The molecule has 1 saturated heterocycles. The topological polar surface area (TPSA) is 128 Å². The van der Waals surface area contributed by atoms with Gasteiger partial charge in [-0.15, -0.1) is 0 Å². The van der Waals surface area contributed by atoms with Crippen LogP contribution in [0.3, 0.4) is 0 Å². The molecule has 34 heavy (non-hydrogen) atoms. The minimum atomic E-state index is -0.678. The fraction of sp³-hybridized carbons (Fsp3) is 0.360. The van der Waals surface area contributed by atoms with Crippen molar-refractivity contribution in [3.8, 4) is 0 Å². The highest BCUT2D eigenvalue weighted by molar-refractivity contribution is 6.00. The molecule has 2 aromatic carbocycles. The van der Waals surface area contributed by atoms with E-state index in [1.807, 2.05) is 18.2 Å². The van der Waals surface area contributed by atoms with Crippen LogP contribution in [0, 0.1) is 0 Å². The highest BCUT2D eigenvalue weighted by atomic mass is 16.2. The van der Waals surface area contributed by atoms with Crippen molar-refractivity contribution in [3.05, 3.63) is 64.1 Å². The molecule has 0 spiro atoms. The molecule has 2 heterocycles. The van der Waals surface area contributed by atoms with Crippen LogP contribution in [0.1, 0.15) is 54.1 Å². The highest BCUT2D eigenvalue weighted by Crippen LogP contribution is 2.24. The summed E-state index contributed by atoms with van der Waals surface area (Å²) >= 11 is 0. The molecule has 0 aliphatic carbocycles. The van der Waals surface area contributed by atoms with Gasteiger partial charge in [0.15, 0.2) is 0 Å². The number of imidazole rings is 1. The third-order valence-corrected chi connectivity index (χ3v) is 6.28. The standard InChI is InChI=1S/C25H29N5O4/c1-29-21-15-16(5-3-2-4-14-27-23(32)17-7-9-18(26)10-8-17)6-11-19(21)30(25(29)34)20-12-13-22(31)28-24(20)33/h6-11,15,20H,2-5,12-14,26H2,1H3,(H,27,32)(H,28,31,33). The Hall–Kier alpha value is -3.88. The van der Waals surface area contributed by atoms with E-state index in [0.29, 0.717) is 29.7 Å². The number of benzene rings is 2. The van der Waals surface area contributed by atoms with E-state index < -0.39 is 11.9 Å². The minimum Gasteiger partial charge on any atom is -0.399 e. The first-order valence-corrected chi connectivity index (χ1v) is 11.5. The average molecular weight is 464 g/mol. The van der Waals surface area contributed by atoms with Gasteiger partial charge in [0.25, 0.3) is 5.91 Å². The third-order valence-electron chi connectivity index (χ3n) is 6.28. The number of carbonyl (C=O) groups excluding carboxylic acids is 3. The molecule has 1 atom stereocenters. The number of nitrogen functional groups attached to an aromatic ring is 1. The molecule has 3 amide bonds. The van der Waals surface area contributed by atoms with E-state index in [2.05, 4.69) is 10.6 Å². The van der Waals surface area contributed by atoms with E-state index in [1.54, 1.807) is 35.9 Å². The second kappa shape index (κ2) is 9.94. The first kappa shape index (κ1) is 23.3. The van der Waals surface area contributed by atoms with Crippen LogP contribution in [-0.2, 0) is 23.1 Å². The van der Waals surface area contributed by atoms with E-state index in [0.717, 1.165) is 36.8 Å². The van der Waals surface area contributed by atoms with Gasteiger partial charge in [0.2, 0.25) is 11.8 Å². The first-order valence-electron chi connectivity index (χ1n) is 11.5. The lowest BCUT2D eigenvalue weighted by Gasteiger charge is -2.21. The zero-order chi connectivity index (χ0) is 24.2. The second-order valence-electron chi connectivity index (χ2n) is 8.69. The van der Waals surface area contributed by atoms with E-state index in [4.69, 9.17) is 5.73 Å². The van der Waals surface area contributed by atoms with Crippen molar-refractivity contribution < 1.29 is 14.4 Å². The normalized spacial score (nSPS) is 16.0. The molecule has 1 aliphatic rings. The van der Waals surface area contributed by atoms with Crippen molar-refractivity contribution >= 4 is 34.4 Å². The third kappa shape index (κ3) is 4.88. The van der Waals surface area contributed by atoms with E-state index >= 15 is 0 Å². The van der Waals surface area contributed by atoms with Gasteiger partial charge in [0.1, 0.15) is 6.04 Å². The van der Waals surface area contributed by atoms with Crippen LogP contribution in [0.2, 0.25) is 0 Å². The van der Waals surface area contributed by atoms with E-state index in [9.17, 15) is 19.2 Å². The maximum Gasteiger partial charge on any atom is 0.329 e. The number of aromatic nitrogens is 2. The predicted octanol–water partition coefficient (Wildman–Crippen LogP) is 2.04. The van der Waals surface area contributed by atoms with Gasteiger partial charge < -0.3 is 11.1 Å². The molecule has 9 heteroatoms. The lowest BCUT2D eigenvalue weighted by Crippen LogP contribution is -2.44. The Kier molecular flexibility index (Phi) is 6.81. The van der Waals surface area contributed by atoms with Gasteiger partial charge in [0, 0.05) is 31.3 Å². The number of nitrogens with zero attached hydrogens (tertiary/aromatic N) is 2. The maximum atomic E-state index is 12.9. The molecule has 0 radical (unpaired) electrons. The molecule has 1 fully saturated rings. The molecule has 4 N–H and O–H groups in total. The smallest absolute Gasteiger partial charge is 0.329 e. The van der Waals surface area contributed by atoms with Gasteiger partial charge in [0.05, 0.1) is 11.0 Å². The Bertz CT molecular complexity index is 1290. The largest absolute Gasteiger partial charge is 0.399 e. The summed E-state index contributed by atoms with van der Waals surface area (Å²) < 4.78 is 3.04. The Balaban J connectivity index is 1.32. The van der Waals surface area contributed by atoms with Crippen LogP contribution in [0.15, 0.2) is 47.3 Å². The summed E-state index contributed by atoms with van der Waals surface area (Å²) in [5, 5.41) is 5.25. The highest BCUT2D eigenvalue weighted by Gasteiger charge is 2.31. The molecule has 1 aliphatic heterocycles. The Morgan fingerprint density at radius 1 is 1.06 bits per heavy atom. The molecule has 4 rings (SSSR count). The summed E-state index contributed by atoms with van der Waals surface area (Å²) in [4.78, 5) is 48.8. The quantitative estimate of drug-likeness (QED) is 0.268. The van der Waals surface area contributed by atoms with E-state index in [1.165, 1.54) is 4.57 Å². The monoisotopic (exact) mass is 463 g/mol. The molecular formula is C25H29N5O4. The lowest BCUT2D eigenvalue weighted by molar-refractivity contribution is -0.135. The average Bonchev–Trinajstić information content (AvgIpc) is 3.06. The summed E-state index contributed by atoms with van der Waals surface area (Å²) in [6, 6.07) is 12.0. The number of hydrogen-bond donors (Lipinski definition) is 3. The zero-order valence-electron chi connectivity index (χ0n) is 19.2. The summed E-state index contributed by atoms with van der Waals surface area (Å²) in [5.41, 5.74) is 9.16. The number of nitrogens with one attached hydrogen (secondary N) is 2. The maximum absolute atomic E-state index is 12.9. The number of carbonyl (C=O) groups is 3. The fourth-order valence-electron chi connectivity index (χ4n) is 4.36. The summed E-state index contributed by atoms with van der Waals surface area (Å²) in [5.74, 6) is -0.841. The number of piperidine rings is 1. The Labute approximate surface area is 196 Å². The van der Waals surface area contributed by atoms with Crippen molar-refractivity contribution in [2.75, 3.05) is 12.3 Å². The number of anilines is 1. The van der Waals surface area contributed by atoms with Crippen LogP contribution in [-0.4, -0.2) is 33.4 Å². The van der Waals surface area contributed by atoms with Gasteiger partial charge >= 0.3 is 5.69 Å². The SMILES string of the molecule is Cn1c(=O)n(C2CCC(=O)NC2=O)c2ccc(CCCCCNC(=O)c3ccc(N)cc3)cc21. The van der Waals surface area contributed by atoms with Crippen LogP contribution >= 0.6 is 0 Å². The van der Waals surface area contributed by atoms with Gasteiger partial charge in [-0.3, -0.25) is 28.8 Å². The molecule has 0 saturated carbocycles. The second-order valence-corrected chi connectivity index (χ2v) is 8.69. The van der Waals surface area contributed by atoms with Crippen LogP contribution in [0.25, 0.3) is 11.0 Å². The van der Waals surface area contributed by atoms with Crippen molar-refractivity contribution in [1.82, 2.24) is 19.8 Å². The predicted molar refractivity (Wildman–Crippen MR) is 129 cm³/mol. The molecular weight excluding hydrogens is 434 g/mol. The van der Waals surface area contributed by atoms with Crippen molar-refractivity contribution in [2.45, 2.75) is 44.6 Å². The number of amides is 3.